The van der Waals surface area contributed by atoms with Crippen LogP contribution in [0.1, 0.15) is 17.6 Å². The molecule has 2 heterocycles. The van der Waals surface area contributed by atoms with Crippen LogP contribution in [0.2, 0.25) is 0 Å². The van der Waals surface area contributed by atoms with Gasteiger partial charge in [-0.05, 0) is 19.1 Å². The Balaban J connectivity index is 2.15. The summed E-state index contributed by atoms with van der Waals surface area (Å²) in [6, 6.07) is 8.54. The highest BCUT2D eigenvalue weighted by Gasteiger charge is 2.22. The summed E-state index contributed by atoms with van der Waals surface area (Å²) in [6.07, 6.45) is 0. The first-order valence-corrected chi connectivity index (χ1v) is 7.30. The number of carbonyl (C=O) groups is 1. The number of carbonyl (C=O) groups excluding carboxylic acids is 1. The van der Waals surface area contributed by atoms with Crippen molar-refractivity contribution in [3.63, 3.8) is 0 Å². The van der Waals surface area contributed by atoms with Gasteiger partial charge in [-0.1, -0.05) is 23.4 Å². The lowest BCUT2D eigenvalue weighted by atomic mass is 10.3. The number of rotatable bonds is 4. The number of ether oxygens (including phenoxy) is 1. The van der Waals surface area contributed by atoms with Gasteiger partial charge in [0.15, 0.2) is 5.69 Å². The largest absolute Gasteiger partial charge is 0.459 e. The van der Waals surface area contributed by atoms with Crippen LogP contribution in [0, 0.1) is 0 Å². The minimum Gasteiger partial charge on any atom is -0.459 e. The van der Waals surface area contributed by atoms with Crippen molar-refractivity contribution in [1.29, 1.82) is 0 Å². The maximum absolute atomic E-state index is 12.3. The molecular formula is C15H13N5O5. The maximum atomic E-state index is 12.3. The van der Waals surface area contributed by atoms with Crippen molar-refractivity contribution in [3.05, 3.63) is 57.1 Å². The van der Waals surface area contributed by atoms with E-state index in [1.807, 2.05) is 0 Å². The van der Waals surface area contributed by atoms with Crippen LogP contribution in [0.5, 0.6) is 0 Å². The number of hydrogen-bond donors (Lipinski definition) is 0. The summed E-state index contributed by atoms with van der Waals surface area (Å²) in [4.78, 5) is 40.1. The first-order chi connectivity index (χ1) is 12.0. The van der Waals surface area contributed by atoms with Crippen LogP contribution in [0.4, 0.5) is 0 Å². The molecule has 0 radical (unpaired) electrons. The topological polar surface area (TPSA) is 122 Å². The number of aromatic nitrogens is 5. The summed E-state index contributed by atoms with van der Waals surface area (Å²) in [6.45, 7) is 1.76. The van der Waals surface area contributed by atoms with Crippen molar-refractivity contribution in [2.24, 2.45) is 7.05 Å². The number of hydrogen-bond acceptors (Lipinski definition) is 8. The van der Waals surface area contributed by atoms with E-state index >= 15 is 0 Å². The molecule has 0 fully saturated rings. The SMILES string of the molecule is CCOC(=O)c1nc(-c2nn(-c3ccccc3)c(=O)n(C)c2=O)no1. The first kappa shape index (κ1) is 16.3. The Labute approximate surface area is 140 Å². The molecule has 0 bridgehead atoms. The predicted molar refractivity (Wildman–Crippen MR) is 84.3 cm³/mol. The number of nitrogens with zero attached hydrogens (tertiary/aromatic N) is 5. The lowest BCUT2D eigenvalue weighted by Gasteiger charge is -2.07. The fourth-order valence-electron chi connectivity index (χ4n) is 2.05. The van der Waals surface area contributed by atoms with Gasteiger partial charge in [0.25, 0.3) is 5.56 Å². The van der Waals surface area contributed by atoms with Crippen molar-refractivity contribution >= 4 is 5.97 Å². The molecule has 0 atom stereocenters. The molecule has 0 saturated heterocycles. The lowest BCUT2D eigenvalue weighted by Crippen LogP contribution is -2.40. The van der Waals surface area contributed by atoms with E-state index in [9.17, 15) is 14.4 Å². The number of esters is 1. The van der Waals surface area contributed by atoms with Gasteiger partial charge in [-0.3, -0.25) is 9.36 Å². The second-order valence-electron chi connectivity index (χ2n) is 4.89. The van der Waals surface area contributed by atoms with Crippen molar-refractivity contribution < 1.29 is 14.1 Å². The van der Waals surface area contributed by atoms with E-state index in [1.165, 1.54) is 7.05 Å². The third-order valence-electron chi connectivity index (χ3n) is 3.26. The molecule has 0 aliphatic carbocycles. The average Bonchev–Trinajstić information content (AvgIpc) is 3.11. The molecule has 10 nitrogen and oxygen atoms in total. The molecule has 2 aromatic heterocycles. The molecule has 0 amide bonds. The zero-order valence-electron chi connectivity index (χ0n) is 13.4. The van der Waals surface area contributed by atoms with Crippen molar-refractivity contribution in [3.8, 4) is 17.2 Å². The van der Waals surface area contributed by atoms with Gasteiger partial charge in [0.05, 0.1) is 12.3 Å². The Morgan fingerprint density at radius 3 is 2.64 bits per heavy atom. The van der Waals surface area contributed by atoms with Crippen LogP contribution in [0.25, 0.3) is 17.2 Å². The molecular weight excluding hydrogens is 330 g/mol. The molecule has 0 spiro atoms. The quantitative estimate of drug-likeness (QED) is 0.614. The van der Waals surface area contributed by atoms with Gasteiger partial charge in [-0.2, -0.15) is 14.8 Å². The van der Waals surface area contributed by atoms with Crippen molar-refractivity contribution in [2.45, 2.75) is 6.92 Å². The van der Waals surface area contributed by atoms with E-state index in [-0.39, 0.29) is 18.1 Å². The molecule has 1 aromatic carbocycles. The second kappa shape index (κ2) is 6.51. The lowest BCUT2D eigenvalue weighted by molar-refractivity contribution is 0.0470. The maximum Gasteiger partial charge on any atom is 0.397 e. The van der Waals surface area contributed by atoms with Gasteiger partial charge in [0.2, 0.25) is 5.82 Å². The monoisotopic (exact) mass is 343 g/mol. The highest BCUT2D eigenvalue weighted by molar-refractivity contribution is 5.84. The Hall–Kier alpha value is -3.56. The third kappa shape index (κ3) is 2.96. The Morgan fingerprint density at radius 1 is 1.24 bits per heavy atom. The standard InChI is InChI=1S/C15H13N5O5/c1-3-24-14(22)12-16-11(18-25-12)10-13(21)19(2)15(23)20(17-10)9-7-5-4-6-8-9/h4-8H,3H2,1-2H3. The van der Waals surface area contributed by atoms with E-state index in [2.05, 4.69) is 15.2 Å². The summed E-state index contributed by atoms with van der Waals surface area (Å²) in [5, 5.41) is 7.60. The third-order valence-corrected chi connectivity index (χ3v) is 3.26. The van der Waals surface area contributed by atoms with Crippen LogP contribution >= 0.6 is 0 Å². The van der Waals surface area contributed by atoms with Gasteiger partial charge in [0, 0.05) is 7.05 Å². The summed E-state index contributed by atoms with van der Waals surface area (Å²) >= 11 is 0. The molecule has 0 saturated carbocycles. The molecule has 3 aromatic rings. The van der Waals surface area contributed by atoms with Crippen LogP contribution in [0.3, 0.4) is 0 Å². The molecule has 0 aliphatic heterocycles. The molecule has 25 heavy (non-hydrogen) atoms. The van der Waals surface area contributed by atoms with E-state index in [1.54, 1.807) is 37.3 Å². The number of para-hydroxylation sites is 1. The van der Waals surface area contributed by atoms with Gasteiger partial charge in [-0.15, -0.1) is 0 Å². The minimum atomic E-state index is -0.811. The van der Waals surface area contributed by atoms with Crippen molar-refractivity contribution in [1.82, 2.24) is 24.5 Å². The zero-order chi connectivity index (χ0) is 18.0. The minimum absolute atomic E-state index is 0.134. The fraction of sp³-hybridized carbons (Fsp3) is 0.200. The molecule has 128 valence electrons. The Bertz CT molecular complexity index is 1030. The summed E-state index contributed by atoms with van der Waals surface area (Å²) in [7, 11) is 1.31. The predicted octanol–water partition coefficient (Wildman–Crippen LogP) is 0.158. The Morgan fingerprint density at radius 2 is 1.96 bits per heavy atom. The molecule has 3 rings (SSSR count). The van der Waals surface area contributed by atoms with E-state index in [0.29, 0.717) is 5.69 Å². The summed E-state index contributed by atoms with van der Waals surface area (Å²) < 4.78 is 11.5. The molecule has 0 unspecified atom stereocenters. The molecule has 0 aliphatic rings. The van der Waals surface area contributed by atoms with E-state index in [4.69, 9.17) is 9.26 Å². The Kier molecular flexibility index (Phi) is 4.25. The van der Waals surface area contributed by atoms with E-state index in [0.717, 1.165) is 9.25 Å². The smallest absolute Gasteiger partial charge is 0.397 e. The summed E-state index contributed by atoms with van der Waals surface area (Å²) in [5.41, 5.74) is -1.12. The fourth-order valence-corrected chi connectivity index (χ4v) is 2.05. The van der Waals surface area contributed by atoms with Crippen LogP contribution in [-0.2, 0) is 11.8 Å². The highest BCUT2D eigenvalue weighted by Crippen LogP contribution is 2.10. The number of benzene rings is 1. The van der Waals surface area contributed by atoms with Gasteiger partial charge in [0.1, 0.15) is 0 Å². The zero-order valence-corrected chi connectivity index (χ0v) is 13.4. The second-order valence-corrected chi connectivity index (χ2v) is 4.89. The highest BCUT2D eigenvalue weighted by atomic mass is 16.6. The van der Waals surface area contributed by atoms with Crippen LogP contribution in [-0.4, -0.2) is 37.1 Å². The van der Waals surface area contributed by atoms with Crippen LogP contribution < -0.4 is 11.2 Å². The normalized spacial score (nSPS) is 10.6. The van der Waals surface area contributed by atoms with E-state index < -0.39 is 23.1 Å². The summed E-state index contributed by atoms with van der Waals surface area (Å²) in [5.74, 6) is -1.43. The van der Waals surface area contributed by atoms with Gasteiger partial charge < -0.3 is 9.26 Å². The average molecular weight is 343 g/mol. The van der Waals surface area contributed by atoms with Gasteiger partial charge >= 0.3 is 17.5 Å². The first-order valence-electron chi connectivity index (χ1n) is 7.30. The molecule has 10 heteroatoms. The molecule has 0 N–H and O–H groups in total. The van der Waals surface area contributed by atoms with Crippen LogP contribution in [0.15, 0.2) is 44.4 Å². The van der Waals surface area contributed by atoms with Crippen molar-refractivity contribution in [2.75, 3.05) is 6.61 Å². The van der Waals surface area contributed by atoms with Gasteiger partial charge in [-0.25, -0.2) is 9.59 Å².